The molecule has 0 bridgehead atoms. The fraction of sp³-hybridized carbons (Fsp3) is 0.231. The molecule has 0 aliphatic carbocycles. The summed E-state index contributed by atoms with van der Waals surface area (Å²) in [5.74, 6) is -2.92. The largest absolute Gasteiger partial charge is 0.455 e. The first-order valence-corrected chi connectivity index (χ1v) is 11.5. The Morgan fingerprint density at radius 2 is 1.69 bits per heavy atom. The number of nitrogens with zero attached hydrogens (tertiary/aromatic N) is 1. The van der Waals surface area contributed by atoms with Crippen LogP contribution < -0.4 is 20.7 Å². The summed E-state index contributed by atoms with van der Waals surface area (Å²) in [6, 6.07) is 12.0. The predicted octanol–water partition coefficient (Wildman–Crippen LogP) is 5.37. The molecular weight excluding hydrogens is 473 g/mol. The Hall–Kier alpha value is -4.05. The normalized spacial score (nSPS) is 13.3. The van der Waals surface area contributed by atoms with Crippen LogP contribution in [0.15, 0.2) is 60.7 Å². The summed E-state index contributed by atoms with van der Waals surface area (Å²) in [4.78, 5) is 27.6. The Morgan fingerprint density at radius 1 is 0.889 bits per heavy atom. The van der Waals surface area contributed by atoms with Crippen molar-refractivity contribution in [2.45, 2.75) is 12.8 Å². The molecule has 0 radical (unpaired) electrons. The number of anilines is 2. The SMILES string of the molecule is O=C(Nc1cccc(F)c1)Nc1cc(C(=O)NCCN2CCCC2)ccc1Oc1ccc(F)c(F)c1. The van der Waals surface area contributed by atoms with Gasteiger partial charge in [-0.2, -0.15) is 0 Å². The zero-order chi connectivity index (χ0) is 25.5. The second-order valence-corrected chi connectivity index (χ2v) is 8.28. The number of carbonyl (C=O) groups is 2. The van der Waals surface area contributed by atoms with Gasteiger partial charge in [-0.05, 0) is 74.5 Å². The van der Waals surface area contributed by atoms with E-state index in [1.807, 2.05) is 0 Å². The highest BCUT2D eigenvalue weighted by molar-refractivity contribution is 6.02. The van der Waals surface area contributed by atoms with Crippen LogP contribution in [0.5, 0.6) is 11.5 Å². The summed E-state index contributed by atoms with van der Waals surface area (Å²) in [6.45, 7) is 3.24. The van der Waals surface area contributed by atoms with E-state index < -0.39 is 23.5 Å². The van der Waals surface area contributed by atoms with Gasteiger partial charge in [-0.25, -0.2) is 18.0 Å². The summed E-state index contributed by atoms with van der Waals surface area (Å²) in [5.41, 5.74) is 0.572. The van der Waals surface area contributed by atoms with Gasteiger partial charge in [0.1, 0.15) is 11.6 Å². The number of halogens is 3. The quantitative estimate of drug-likeness (QED) is 0.390. The average molecular weight is 499 g/mol. The van der Waals surface area contributed by atoms with Crippen LogP contribution in [-0.4, -0.2) is 43.0 Å². The lowest BCUT2D eigenvalue weighted by Gasteiger charge is -2.16. The van der Waals surface area contributed by atoms with Crippen molar-refractivity contribution in [3.8, 4) is 11.5 Å². The van der Waals surface area contributed by atoms with Gasteiger partial charge >= 0.3 is 6.03 Å². The Labute approximate surface area is 206 Å². The van der Waals surface area contributed by atoms with E-state index in [2.05, 4.69) is 20.9 Å². The Bertz CT molecular complexity index is 1250. The van der Waals surface area contributed by atoms with Crippen molar-refractivity contribution >= 4 is 23.3 Å². The minimum absolute atomic E-state index is 0.00898. The Morgan fingerprint density at radius 3 is 2.44 bits per heavy atom. The van der Waals surface area contributed by atoms with E-state index in [9.17, 15) is 22.8 Å². The molecule has 0 saturated carbocycles. The highest BCUT2D eigenvalue weighted by Crippen LogP contribution is 2.31. The molecule has 0 atom stereocenters. The van der Waals surface area contributed by atoms with E-state index in [1.165, 1.54) is 42.5 Å². The minimum atomic E-state index is -1.10. The molecule has 1 aliphatic rings. The number of hydrogen-bond acceptors (Lipinski definition) is 4. The maximum Gasteiger partial charge on any atom is 0.323 e. The molecule has 3 aromatic carbocycles. The van der Waals surface area contributed by atoms with Gasteiger partial charge in [-0.15, -0.1) is 0 Å². The molecule has 0 spiro atoms. The summed E-state index contributed by atoms with van der Waals surface area (Å²) >= 11 is 0. The number of likely N-dealkylation sites (tertiary alicyclic amines) is 1. The first-order chi connectivity index (χ1) is 17.4. The molecule has 3 amide bonds. The molecule has 1 saturated heterocycles. The number of urea groups is 1. The summed E-state index contributed by atoms with van der Waals surface area (Å²) < 4.78 is 46.1. The van der Waals surface area contributed by atoms with Crippen LogP contribution in [0, 0.1) is 17.5 Å². The Balaban J connectivity index is 1.51. The summed E-state index contributed by atoms with van der Waals surface area (Å²) in [5, 5.41) is 7.91. The number of rotatable bonds is 8. The van der Waals surface area contributed by atoms with Crippen LogP contribution in [0.25, 0.3) is 0 Å². The molecule has 1 fully saturated rings. The fourth-order valence-electron chi connectivity index (χ4n) is 3.81. The predicted molar refractivity (Wildman–Crippen MR) is 130 cm³/mol. The minimum Gasteiger partial charge on any atom is -0.455 e. The number of ether oxygens (including phenoxy) is 1. The second kappa shape index (κ2) is 11.6. The summed E-state index contributed by atoms with van der Waals surface area (Å²) in [7, 11) is 0. The van der Waals surface area contributed by atoms with Crippen molar-refractivity contribution in [3.63, 3.8) is 0 Å². The van der Waals surface area contributed by atoms with Crippen LogP contribution in [0.2, 0.25) is 0 Å². The molecule has 7 nitrogen and oxygen atoms in total. The van der Waals surface area contributed by atoms with Crippen molar-refractivity contribution in [1.82, 2.24) is 10.2 Å². The molecule has 188 valence electrons. The highest BCUT2D eigenvalue weighted by atomic mass is 19.2. The van der Waals surface area contributed by atoms with Gasteiger partial charge in [0, 0.05) is 30.4 Å². The maximum absolute atomic E-state index is 13.6. The average Bonchev–Trinajstić information content (AvgIpc) is 3.36. The van der Waals surface area contributed by atoms with Crippen LogP contribution in [0.3, 0.4) is 0 Å². The lowest BCUT2D eigenvalue weighted by Crippen LogP contribution is -2.33. The van der Waals surface area contributed by atoms with Crippen LogP contribution >= 0.6 is 0 Å². The number of amides is 3. The van der Waals surface area contributed by atoms with Crippen molar-refractivity contribution in [2.75, 3.05) is 36.8 Å². The monoisotopic (exact) mass is 498 g/mol. The Kier molecular flexibility index (Phi) is 8.06. The number of benzene rings is 3. The highest BCUT2D eigenvalue weighted by Gasteiger charge is 2.16. The zero-order valence-corrected chi connectivity index (χ0v) is 19.3. The summed E-state index contributed by atoms with van der Waals surface area (Å²) in [6.07, 6.45) is 2.31. The number of hydrogen-bond donors (Lipinski definition) is 3. The van der Waals surface area contributed by atoms with Gasteiger partial charge in [0.2, 0.25) is 0 Å². The van der Waals surface area contributed by atoms with Gasteiger partial charge in [-0.1, -0.05) is 6.07 Å². The van der Waals surface area contributed by atoms with Gasteiger partial charge in [0.05, 0.1) is 5.69 Å². The van der Waals surface area contributed by atoms with Crippen molar-refractivity contribution in [1.29, 1.82) is 0 Å². The van der Waals surface area contributed by atoms with Crippen molar-refractivity contribution in [3.05, 3.63) is 83.7 Å². The molecule has 10 heteroatoms. The van der Waals surface area contributed by atoms with Gasteiger partial charge in [0.25, 0.3) is 5.91 Å². The van der Waals surface area contributed by atoms with Crippen LogP contribution in [-0.2, 0) is 0 Å². The third-order valence-corrected chi connectivity index (χ3v) is 5.60. The number of nitrogens with one attached hydrogen (secondary N) is 3. The third-order valence-electron chi connectivity index (χ3n) is 5.60. The fourth-order valence-corrected chi connectivity index (χ4v) is 3.81. The molecule has 3 aromatic rings. The molecule has 0 aromatic heterocycles. The molecule has 0 unspecified atom stereocenters. The molecule has 1 heterocycles. The topological polar surface area (TPSA) is 82.7 Å². The van der Waals surface area contributed by atoms with Gasteiger partial charge in [-0.3, -0.25) is 4.79 Å². The first-order valence-electron chi connectivity index (χ1n) is 11.5. The van der Waals surface area contributed by atoms with Crippen molar-refractivity contribution in [2.24, 2.45) is 0 Å². The molecule has 3 N–H and O–H groups in total. The second-order valence-electron chi connectivity index (χ2n) is 8.28. The maximum atomic E-state index is 13.6. The van der Waals surface area contributed by atoms with Crippen LogP contribution in [0.4, 0.5) is 29.3 Å². The smallest absolute Gasteiger partial charge is 0.323 e. The van der Waals surface area contributed by atoms with E-state index in [1.54, 1.807) is 0 Å². The van der Waals surface area contributed by atoms with Crippen molar-refractivity contribution < 1.29 is 27.5 Å². The molecule has 4 rings (SSSR count). The molecule has 36 heavy (non-hydrogen) atoms. The molecule has 1 aliphatic heterocycles. The van der Waals surface area contributed by atoms with Gasteiger partial charge in [0.15, 0.2) is 17.4 Å². The lowest BCUT2D eigenvalue weighted by molar-refractivity contribution is 0.0949. The van der Waals surface area contributed by atoms with E-state index in [0.717, 1.165) is 50.7 Å². The van der Waals surface area contributed by atoms with E-state index in [4.69, 9.17) is 4.74 Å². The first kappa shape index (κ1) is 25.1. The number of carbonyl (C=O) groups excluding carboxylic acids is 2. The van der Waals surface area contributed by atoms with Crippen LogP contribution in [0.1, 0.15) is 23.2 Å². The standard InChI is InChI=1S/C26H25F3N4O3/c27-18-4-3-5-19(15-18)31-26(35)32-23-14-17(25(34)30-10-13-33-11-1-2-12-33)6-9-24(23)36-20-7-8-21(28)22(29)16-20/h3-9,14-16H,1-2,10-13H2,(H,30,34)(H2,31,32,35). The van der Waals surface area contributed by atoms with E-state index in [-0.39, 0.29) is 34.3 Å². The zero-order valence-electron chi connectivity index (χ0n) is 19.3. The van der Waals surface area contributed by atoms with E-state index >= 15 is 0 Å². The lowest BCUT2D eigenvalue weighted by atomic mass is 10.1. The van der Waals surface area contributed by atoms with Gasteiger partial charge < -0.3 is 25.6 Å². The molecular formula is C26H25F3N4O3. The third kappa shape index (κ3) is 6.76. The van der Waals surface area contributed by atoms with E-state index in [0.29, 0.717) is 6.54 Å².